The van der Waals surface area contributed by atoms with E-state index in [9.17, 15) is 21.6 Å². The lowest BCUT2D eigenvalue weighted by molar-refractivity contribution is -0.137. The molecule has 1 aromatic heterocycles. The van der Waals surface area contributed by atoms with Crippen molar-refractivity contribution in [1.82, 2.24) is 4.98 Å². The fourth-order valence-corrected chi connectivity index (χ4v) is 4.34. The van der Waals surface area contributed by atoms with Gasteiger partial charge < -0.3 is 0 Å². The number of hydrogen-bond acceptors (Lipinski definition) is 3. The number of hydrogen-bond donors (Lipinski definition) is 0. The van der Waals surface area contributed by atoms with E-state index in [2.05, 4.69) is 4.98 Å². The van der Waals surface area contributed by atoms with Crippen molar-refractivity contribution in [3.8, 4) is 0 Å². The van der Waals surface area contributed by atoms with Crippen molar-refractivity contribution in [1.29, 1.82) is 0 Å². The van der Waals surface area contributed by atoms with Crippen molar-refractivity contribution in [2.24, 2.45) is 5.92 Å². The first-order valence-corrected chi connectivity index (χ1v) is 8.29. The molecule has 0 saturated carbocycles. The van der Waals surface area contributed by atoms with Gasteiger partial charge in [0.2, 0.25) is 0 Å². The van der Waals surface area contributed by atoms with Crippen LogP contribution >= 0.6 is 11.6 Å². The van der Waals surface area contributed by atoms with Crippen molar-refractivity contribution in [2.45, 2.75) is 25.4 Å². The van der Waals surface area contributed by atoms with Gasteiger partial charge >= 0.3 is 6.18 Å². The molecule has 1 aromatic rings. The van der Waals surface area contributed by atoms with Crippen LogP contribution in [0.5, 0.6) is 0 Å². The summed E-state index contributed by atoms with van der Waals surface area (Å²) in [5.41, 5.74) is -0.579. The van der Waals surface area contributed by atoms with E-state index < -0.39 is 21.6 Å². The average molecular weight is 328 g/mol. The molecule has 3 nitrogen and oxygen atoms in total. The standard InChI is InChI=1S/C12H13ClF3NO2S/c13-10-5-9(12(14,15)16)6-17-11(10)4-8-2-1-3-20(18,19)7-8/h5-6,8H,1-4,7H2. The van der Waals surface area contributed by atoms with Gasteiger partial charge in [0.15, 0.2) is 9.84 Å². The Morgan fingerprint density at radius 1 is 1.40 bits per heavy atom. The summed E-state index contributed by atoms with van der Waals surface area (Å²) in [7, 11) is -3.05. The third-order valence-corrected chi connectivity index (χ3v) is 5.50. The topological polar surface area (TPSA) is 47.0 Å². The van der Waals surface area contributed by atoms with E-state index >= 15 is 0 Å². The molecule has 0 aliphatic carbocycles. The summed E-state index contributed by atoms with van der Waals surface area (Å²) < 4.78 is 60.5. The molecule has 2 rings (SSSR count). The van der Waals surface area contributed by atoms with E-state index in [1.807, 2.05) is 0 Å². The number of pyridine rings is 1. The molecule has 0 N–H and O–H groups in total. The highest BCUT2D eigenvalue weighted by atomic mass is 35.5. The molecule has 20 heavy (non-hydrogen) atoms. The van der Waals surface area contributed by atoms with E-state index in [1.54, 1.807) is 0 Å². The van der Waals surface area contributed by atoms with Crippen molar-refractivity contribution in [3.05, 3.63) is 28.5 Å². The number of halogens is 4. The molecule has 0 spiro atoms. The highest BCUT2D eigenvalue weighted by Gasteiger charge is 2.32. The number of aromatic nitrogens is 1. The molecule has 1 atom stereocenters. The van der Waals surface area contributed by atoms with Crippen LogP contribution in [-0.4, -0.2) is 24.9 Å². The largest absolute Gasteiger partial charge is 0.417 e. The molecule has 1 fully saturated rings. The maximum atomic E-state index is 12.5. The summed E-state index contributed by atoms with van der Waals surface area (Å²) in [4.78, 5) is 3.74. The van der Waals surface area contributed by atoms with Crippen LogP contribution in [0.2, 0.25) is 5.02 Å². The van der Waals surface area contributed by atoms with Crippen molar-refractivity contribution in [3.63, 3.8) is 0 Å². The van der Waals surface area contributed by atoms with Crippen LogP contribution in [0.15, 0.2) is 12.3 Å². The van der Waals surface area contributed by atoms with Crippen LogP contribution in [0, 0.1) is 5.92 Å². The summed E-state index contributed by atoms with van der Waals surface area (Å²) in [5, 5.41) is -0.0669. The number of alkyl halides is 3. The molecule has 112 valence electrons. The van der Waals surface area contributed by atoms with E-state index in [-0.39, 0.29) is 28.9 Å². The molecular formula is C12H13ClF3NO2S. The molecule has 0 aromatic carbocycles. The Balaban J connectivity index is 2.14. The Kier molecular flexibility index (Phi) is 4.30. The highest BCUT2D eigenvalue weighted by Crippen LogP contribution is 2.32. The third kappa shape index (κ3) is 3.85. The molecule has 8 heteroatoms. The minimum Gasteiger partial charge on any atom is -0.259 e. The van der Waals surface area contributed by atoms with Crippen LogP contribution in [0.4, 0.5) is 13.2 Å². The van der Waals surface area contributed by atoms with Crippen LogP contribution in [0.1, 0.15) is 24.1 Å². The highest BCUT2D eigenvalue weighted by molar-refractivity contribution is 7.91. The molecule has 1 aliphatic rings. The van der Waals surface area contributed by atoms with Gasteiger partial charge in [-0.25, -0.2) is 8.42 Å². The predicted octanol–water partition coefficient (Wildman–Crippen LogP) is 3.12. The molecule has 0 amide bonds. The molecule has 1 aliphatic heterocycles. The Hall–Kier alpha value is -0.820. The fraction of sp³-hybridized carbons (Fsp3) is 0.583. The van der Waals surface area contributed by atoms with E-state index in [1.165, 1.54) is 0 Å². The normalized spacial score (nSPS) is 22.7. The molecule has 2 heterocycles. The second-order valence-corrected chi connectivity index (χ2v) is 7.61. The van der Waals surface area contributed by atoms with Gasteiger partial charge in [-0.3, -0.25) is 4.98 Å². The van der Waals surface area contributed by atoms with Gasteiger partial charge in [-0.1, -0.05) is 11.6 Å². The summed E-state index contributed by atoms with van der Waals surface area (Å²) in [6.07, 6.45) is -2.17. The van der Waals surface area contributed by atoms with Crippen LogP contribution in [-0.2, 0) is 22.4 Å². The average Bonchev–Trinajstić information content (AvgIpc) is 2.29. The van der Waals surface area contributed by atoms with Crippen LogP contribution < -0.4 is 0 Å². The molecule has 0 bridgehead atoms. The zero-order valence-corrected chi connectivity index (χ0v) is 12.0. The quantitative estimate of drug-likeness (QED) is 0.838. The maximum Gasteiger partial charge on any atom is 0.417 e. The summed E-state index contributed by atoms with van der Waals surface area (Å²) in [5.74, 6) is 0.0967. The third-order valence-electron chi connectivity index (χ3n) is 3.28. The predicted molar refractivity (Wildman–Crippen MR) is 69.3 cm³/mol. The van der Waals surface area contributed by atoms with Crippen molar-refractivity contribution >= 4 is 21.4 Å². The number of sulfone groups is 1. The molecule has 0 radical (unpaired) electrons. The minimum atomic E-state index is -4.48. The lowest BCUT2D eigenvalue weighted by Crippen LogP contribution is -2.26. The summed E-state index contributed by atoms with van der Waals surface area (Å²) in [6, 6.07) is 0.835. The van der Waals surface area contributed by atoms with Crippen molar-refractivity contribution < 1.29 is 21.6 Å². The van der Waals surface area contributed by atoms with Crippen LogP contribution in [0.25, 0.3) is 0 Å². The van der Waals surface area contributed by atoms with E-state index in [4.69, 9.17) is 11.6 Å². The maximum absolute atomic E-state index is 12.5. The SMILES string of the molecule is O=S1(=O)CCCC(Cc2ncc(C(F)(F)F)cc2Cl)C1. The van der Waals surface area contributed by atoms with Gasteiger partial charge in [0.05, 0.1) is 27.8 Å². The van der Waals surface area contributed by atoms with Gasteiger partial charge in [0, 0.05) is 6.20 Å². The zero-order valence-electron chi connectivity index (χ0n) is 10.5. The summed E-state index contributed by atoms with van der Waals surface area (Å²) >= 11 is 5.81. The van der Waals surface area contributed by atoms with Crippen molar-refractivity contribution in [2.75, 3.05) is 11.5 Å². The van der Waals surface area contributed by atoms with Gasteiger partial charge in [-0.2, -0.15) is 13.2 Å². The first-order chi connectivity index (χ1) is 9.17. The second-order valence-electron chi connectivity index (χ2n) is 4.98. The van der Waals surface area contributed by atoms with Gasteiger partial charge in [-0.15, -0.1) is 0 Å². The van der Waals surface area contributed by atoms with Gasteiger partial charge in [0.1, 0.15) is 0 Å². The second kappa shape index (κ2) is 5.52. The Bertz CT molecular complexity index is 601. The Morgan fingerprint density at radius 3 is 2.65 bits per heavy atom. The van der Waals surface area contributed by atoms with Gasteiger partial charge in [0.25, 0.3) is 0 Å². The summed E-state index contributed by atoms with van der Waals surface area (Å²) in [6.45, 7) is 0. The number of rotatable bonds is 2. The number of nitrogens with zero attached hydrogens (tertiary/aromatic N) is 1. The minimum absolute atomic E-state index is 0.0476. The van der Waals surface area contributed by atoms with E-state index in [0.717, 1.165) is 18.7 Å². The molecular weight excluding hydrogens is 315 g/mol. The lowest BCUT2D eigenvalue weighted by atomic mass is 9.99. The first-order valence-electron chi connectivity index (χ1n) is 6.09. The lowest BCUT2D eigenvalue weighted by Gasteiger charge is -2.22. The Morgan fingerprint density at radius 2 is 2.10 bits per heavy atom. The Labute approximate surface area is 120 Å². The fourth-order valence-electron chi connectivity index (χ4n) is 2.32. The zero-order chi connectivity index (χ0) is 15.0. The molecule has 1 saturated heterocycles. The monoisotopic (exact) mass is 327 g/mol. The van der Waals surface area contributed by atoms with Gasteiger partial charge in [-0.05, 0) is 31.2 Å². The van der Waals surface area contributed by atoms with Crippen LogP contribution in [0.3, 0.4) is 0 Å². The smallest absolute Gasteiger partial charge is 0.259 e. The van der Waals surface area contributed by atoms with E-state index in [0.29, 0.717) is 12.1 Å². The molecule has 1 unspecified atom stereocenters. The first kappa shape index (κ1) is 15.6.